The molecule has 0 radical (unpaired) electrons. The van der Waals surface area contributed by atoms with Crippen molar-refractivity contribution in [3.63, 3.8) is 0 Å². The van der Waals surface area contributed by atoms with Gasteiger partial charge in [-0.25, -0.2) is 4.79 Å². The van der Waals surface area contributed by atoms with E-state index in [4.69, 9.17) is 0 Å². The standard InChI is InChI=1S/C10H21N.C4H6O2/c1-9(2)7-6-8-11(5)10(9,3)4;1-3-4(5)6-2/h6-8H2,1-5H3;3H,1H2,2H3. The molecule has 100 valence electrons. The Hall–Kier alpha value is -0.830. The van der Waals surface area contributed by atoms with E-state index in [0.29, 0.717) is 11.0 Å². The molecule has 1 aliphatic heterocycles. The van der Waals surface area contributed by atoms with Crippen molar-refractivity contribution in [1.29, 1.82) is 0 Å². The predicted octanol–water partition coefficient (Wildman–Crippen LogP) is 2.86. The van der Waals surface area contributed by atoms with Gasteiger partial charge < -0.3 is 9.64 Å². The molecule has 1 saturated heterocycles. The van der Waals surface area contributed by atoms with Gasteiger partial charge in [-0.05, 0) is 45.7 Å². The van der Waals surface area contributed by atoms with Crippen LogP contribution in [0.4, 0.5) is 0 Å². The van der Waals surface area contributed by atoms with Crippen molar-refractivity contribution < 1.29 is 9.53 Å². The number of esters is 1. The second-order valence-corrected chi connectivity index (χ2v) is 5.70. The normalized spacial score (nSPS) is 22.0. The molecule has 0 amide bonds. The quantitative estimate of drug-likeness (QED) is 0.522. The molecule has 1 heterocycles. The largest absolute Gasteiger partial charge is 0.466 e. The van der Waals surface area contributed by atoms with Gasteiger partial charge in [0.05, 0.1) is 7.11 Å². The van der Waals surface area contributed by atoms with Crippen molar-refractivity contribution in [2.24, 2.45) is 5.41 Å². The summed E-state index contributed by atoms with van der Waals surface area (Å²) < 4.78 is 4.14. The molecule has 0 aliphatic carbocycles. The minimum absolute atomic E-state index is 0.366. The highest BCUT2D eigenvalue weighted by molar-refractivity contribution is 5.80. The maximum atomic E-state index is 9.84. The number of nitrogens with zero attached hydrogens (tertiary/aromatic N) is 1. The van der Waals surface area contributed by atoms with Crippen molar-refractivity contribution in [2.75, 3.05) is 20.7 Å². The summed E-state index contributed by atoms with van der Waals surface area (Å²) in [5, 5.41) is 0. The number of rotatable bonds is 1. The Morgan fingerprint density at radius 3 is 2.12 bits per heavy atom. The topological polar surface area (TPSA) is 29.5 Å². The summed E-state index contributed by atoms with van der Waals surface area (Å²) in [5.74, 6) is -0.394. The van der Waals surface area contributed by atoms with Crippen LogP contribution in [0.15, 0.2) is 12.7 Å². The van der Waals surface area contributed by atoms with Crippen LogP contribution in [0, 0.1) is 5.41 Å². The zero-order valence-electron chi connectivity index (χ0n) is 12.2. The second kappa shape index (κ2) is 6.20. The molecule has 1 fully saturated rings. The molecule has 0 N–H and O–H groups in total. The molecule has 3 nitrogen and oxygen atoms in total. The number of ether oxygens (including phenoxy) is 1. The van der Waals surface area contributed by atoms with E-state index in [1.807, 2.05) is 0 Å². The average Bonchev–Trinajstić information content (AvgIpc) is 2.26. The number of methoxy groups -OCH3 is 1. The molecular formula is C14H27NO2. The van der Waals surface area contributed by atoms with Gasteiger partial charge in [0.15, 0.2) is 0 Å². The van der Waals surface area contributed by atoms with Crippen LogP contribution >= 0.6 is 0 Å². The maximum Gasteiger partial charge on any atom is 0.329 e. The van der Waals surface area contributed by atoms with Gasteiger partial charge in [0, 0.05) is 11.6 Å². The van der Waals surface area contributed by atoms with Gasteiger partial charge >= 0.3 is 5.97 Å². The van der Waals surface area contributed by atoms with Crippen molar-refractivity contribution >= 4 is 5.97 Å². The molecule has 0 aromatic carbocycles. The molecule has 17 heavy (non-hydrogen) atoms. The predicted molar refractivity (Wildman–Crippen MR) is 71.9 cm³/mol. The third-order valence-corrected chi connectivity index (χ3v) is 4.27. The lowest BCUT2D eigenvalue weighted by atomic mass is 9.68. The first kappa shape index (κ1) is 16.2. The van der Waals surface area contributed by atoms with E-state index in [2.05, 4.69) is 51.0 Å². The van der Waals surface area contributed by atoms with Crippen LogP contribution in [0.3, 0.4) is 0 Å². The summed E-state index contributed by atoms with van der Waals surface area (Å²) >= 11 is 0. The fourth-order valence-corrected chi connectivity index (χ4v) is 1.94. The molecule has 0 unspecified atom stereocenters. The third-order valence-electron chi connectivity index (χ3n) is 4.27. The van der Waals surface area contributed by atoms with Crippen molar-refractivity contribution in [1.82, 2.24) is 4.90 Å². The van der Waals surface area contributed by atoms with Crippen molar-refractivity contribution in [3.8, 4) is 0 Å². The van der Waals surface area contributed by atoms with Crippen molar-refractivity contribution in [2.45, 2.75) is 46.1 Å². The Kier molecular flexibility index (Phi) is 5.89. The lowest BCUT2D eigenvalue weighted by Crippen LogP contribution is -2.55. The maximum absolute atomic E-state index is 9.84. The molecular weight excluding hydrogens is 214 g/mol. The SMILES string of the molecule is C=CC(=O)OC.CN1CCCC(C)(C)C1(C)C. The summed E-state index contributed by atoms with van der Waals surface area (Å²) in [5.41, 5.74) is 0.839. The summed E-state index contributed by atoms with van der Waals surface area (Å²) in [4.78, 5) is 12.3. The lowest BCUT2D eigenvalue weighted by Gasteiger charge is -2.52. The van der Waals surface area contributed by atoms with Gasteiger partial charge in [-0.1, -0.05) is 20.4 Å². The van der Waals surface area contributed by atoms with Crippen LogP contribution in [-0.4, -0.2) is 37.1 Å². The van der Waals surface area contributed by atoms with E-state index in [0.717, 1.165) is 6.08 Å². The Labute approximate surface area is 106 Å². The molecule has 0 spiro atoms. The van der Waals surface area contributed by atoms with Crippen LogP contribution in [0.2, 0.25) is 0 Å². The van der Waals surface area contributed by atoms with Gasteiger partial charge in [0.25, 0.3) is 0 Å². The second-order valence-electron chi connectivity index (χ2n) is 5.70. The number of hydrogen-bond acceptors (Lipinski definition) is 3. The minimum atomic E-state index is -0.394. The number of carbonyl (C=O) groups is 1. The van der Waals surface area contributed by atoms with Crippen LogP contribution in [0.25, 0.3) is 0 Å². The Morgan fingerprint density at radius 1 is 1.35 bits per heavy atom. The molecule has 3 heteroatoms. The number of hydrogen-bond donors (Lipinski definition) is 0. The monoisotopic (exact) mass is 241 g/mol. The number of carbonyl (C=O) groups excluding carboxylic acids is 1. The minimum Gasteiger partial charge on any atom is -0.466 e. The molecule has 1 rings (SSSR count). The molecule has 0 aromatic rings. The van der Waals surface area contributed by atoms with E-state index in [-0.39, 0.29) is 0 Å². The Balaban J connectivity index is 0.000000366. The van der Waals surface area contributed by atoms with Gasteiger partial charge in [-0.15, -0.1) is 0 Å². The highest BCUT2D eigenvalue weighted by Crippen LogP contribution is 2.42. The van der Waals surface area contributed by atoms with Crippen LogP contribution in [-0.2, 0) is 9.53 Å². The first-order chi connectivity index (χ1) is 7.69. The zero-order chi connectivity index (χ0) is 13.7. The molecule has 1 aliphatic rings. The van der Waals surface area contributed by atoms with Gasteiger partial charge in [-0.3, -0.25) is 0 Å². The first-order valence-corrected chi connectivity index (χ1v) is 6.10. The zero-order valence-corrected chi connectivity index (χ0v) is 12.2. The fraction of sp³-hybridized carbons (Fsp3) is 0.786. The van der Waals surface area contributed by atoms with Crippen molar-refractivity contribution in [3.05, 3.63) is 12.7 Å². The van der Waals surface area contributed by atoms with Gasteiger partial charge in [0.1, 0.15) is 0 Å². The van der Waals surface area contributed by atoms with E-state index in [9.17, 15) is 4.79 Å². The van der Waals surface area contributed by atoms with E-state index in [1.54, 1.807) is 0 Å². The molecule has 0 atom stereocenters. The fourth-order valence-electron chi connectivity index (χ4n) is 1.94. The Morgan fingerprint density at radius 2 is 1.88 bits per heavy atom. The smallest absolute Gasteiger partial charge is 0.329 e. The average molecular weight is 241 g/mol. The van der Waals surface area contributed by atoms with Crippen LogP contribution in [0.1, 0.15) is 40.5 Å². The van der Waals surface area contributed by atoms with E-state index >= 15 is 0 Å². The Bertz CT molecular complexity index is 269. The summed E-state index contributed by atoms with van der Waals surface area (Å²) in [7, 11) is 3.55. The first-order valence-electron chi connectivity index (χ1n) is 6.10. The highest BCUT2D eigenvalue weighted by Gasteiger charge is 2.42. The highest BCUT2D eigenvalue weighted by atomic mass is 16.5. The third kappa shape index (κ3) is 4.15. The molecule has 0 bridgehead atoms. The van der Waals surface area contributed by atoms with Gasteiger partial charge in [0.2, 0.25) is 0 Å². The van der Waals surface area contributed by atoms with E-state index < -0.39 is 5.97 Å². The summed E-state index contributed by atoms with van der Waals surface area (Å²) in [6.07, 6.45) is 3.83. The lowest BCUT2D eigenvalue weighted by molar-refractivity contribution is -0.134. The van der Waals surface area contributed by atoms with Crippen LogP contribution < -0.4 is 0 Å². The summed E-state index contributed by atoms with van der Waals surface area (Å²) in [6, 6.07) is 0. The molecule has 0 saturated carbocycles. The number of piperidine rings is 1. The number of likely N-dealkylation sites (tertiary alicyclic amines) is 1. The van der Waals surface area contributed by atoms with Crippen LogP contribution in [0.5, 0.6) is 0 Å². The van der Waals surface area contributed by atoms with Gasteiger partial charge in [-0.2, -0.15) is 0 Å². The van der Waals surface area contributed by atoms with E-state index in [1.165, 1.54) is 26.5 Å². The molecule has 0 aromatic heterocycles. The summed E-state index contributed by atoms with van der Waals surface area (Å²) in [6.45, 7) is 13.9.